The molecule has 0 fully saturated rings. The van der Waals surface area contributed by atoms with Crippen molar-refractivity contribution in [3.63, 3.8) is 0 Å². The molecule has 27 heavy (non-hydrogen) atoms. The molecule has 0 spiro atoms. The van der Waals surface area contributed by atoms with Crippen LogP contribution in [-0.2, 0) is 11.3 Å². The van der Waals surface area contributed by atoms with Gasteiger partial charge in [0.25, 0.3) is 5.56 Å². The number of anilines is 1. The lowest BCUT2D eigenvalue weighted by Crippen LogP contribution is -2.23. The molecule has 3 aromatic rings. The number of carbonyl (C=O) groups is 2. The first-order valence-corrected chi connectivity index (χ1v) is 9.52. The lowest BCUT2D eigenvalue weighted by Gasteiger charge is -2.12. The number of aromatic nitrogens is 2. The van der Waals surface area contributed by atoms with E-state index < -0.39 is 0 Å². The van der Waals surface area contributed by atoms with Crippen molar-refractivity contribution in [3.05, 3.63) is 64.4 Å². The van der Waals surface area contributed by atoms with Crippen molar-refractivity contribution in [2.75, 3.05) is 11.1 Å². The highest BCUT2D eigenvalue weighted by Gasteiger charge is 2.14. The smallest absolute Gasteiger partial charge is 0.262 e. The van der Waals surface area contributed by atoms with Gasteiger partial charge in [-0.2, -0.15) is 0 Å². The highest BCUT2D eigenvalue weighted by molar-refractivity contribution is 7.99. The van der Waals surface area contributed by atoms with Crippen molar-refractivity contribution in [1.29, 1.82) is 0 Å². The molecule has 2 aromatic carbocycles. The zero-order chi connectivity index (χ0) is 19.4. The zero-order valence-electron chi connectivity index (χ0n) is 15.1. The molecule has 3 rings (SSSR count). The largest absolute Gasteiger partial charge is 0.325 e. The number of amides is 1. The van der Waals surface area contributed by atoms with Gasteiger partial charge in [0, 0.05) is 12.1 Å². The summed E-state index contributed by atoms with van der Waals surface area (Å²) >= 11 is 1.20. The monoisotopic (exact) mass is 381 g/mol. The Morgan fingerprint density at radius 3 is 2.56 bits per heavy atom. The Morgan fingerprint density at radius 2 is 1.81 bits per heavy atom. The van der Waals surface area contributed by atoms with Gasteiger partial charge in [0.15, 0.2) is 10.9 Å². The zero-order valence-corrected chi connectivity index (χ0v) is 15.9. The SMILES string of the molecule is CCn1c(SCC(=O)Nc2ccccc2C(C)=O)nc2ccccc2c1=O. The normalized spacial score (nSPS) is 10.7. The number of benzene rings is 2. The van der Waals surface area contributed by atoms with Crippen molar-refractivity contribution >= 4 is 40.0 Å². The standard InChI is InChI=1S/C20H19N3O3S/c1-3-23-19(26)15-9-5-7-11-17(15)22-20(23)27-12-18(25)21-16-10-6-4-8-14(16)13(2)24/h4-11H,3,12H2,1-2H3,(H,21,25). The van der Waals surface area contributed by atoms with Crippen LogP contribution in [0.3, 0.4) is 0 Å². The Kier molecular flexibility index (Phi) is 5.71. The van der Waals surface area contributed by atoms with E-state index >= 15 is 0 Å². The van der Waals surface area contributed by atoms with Crippen LogP contribution in [0.15, 0.2) is 58.5 Å². The Balaban J connectivity index is 1.80. The van der Waals surface area contributed by atoms with Gasteiger partial charge in [-0.05, 0) is 38.1 Å². The van der Waals surface area contributed by atoms with E-state index in [0.29, 0.717) is 33.9 Å². The van der Waals surface area contributed by atoms with Gasteiger partial charge in [0.1, 0.15) is 0 Å². The number of nitrogens with zero attached hydrogens (tertiary/aromatic N) is 2. The predicted octanol–water partition coefficient (Wildman–Crippen LogP) is 3.35. The molecule has 1 N–H and O–H groups in total. The van der Waals surface area contributed by atoms with Crippen LogP contribution in [0.5, 0.6) is 0 Å². The molecular formula is C20H19N3O3S. The summed E-state index contributed by atoms with van der Waals surface area (Å²) in [6.07, 6.45) is 0. The molecule has 0 radical (unpaired) electrons. The minimum Gasteiger partial charge on any atom is -0.325 e. The Morgan fingerprint density at radius 1 is 1.11 bits per heavy atom. The van der Waals surface area contributed by atoms with Gasteiger partial charge in [-0.25, -0.2) is 4.98 Å². The molecule has 1 heterocycles. The van der Waals surface area contributed by atoms with Gasteiger partial charge in [0.2, 0.25) is 5.91 Å². The van der Waals surface area contributed by atoms with Crippen LogP contribution in [-0.4, -0.2) is 27.0 Å². The van der Waals surface area contributed by atoms with Gasteiger partial charge < -0.3 is 5.32 Å². The van der Waals surface area contributed by atoms with E-state index in [1.807, 2.05) is 13.0 Å². The van der Waals surface area contributed by atoms with Crippen LogP contribution in [0.25, 0.3) is 10.9 Å². The van der Waals surface area contributed by atoms with Crippen LogP contribution in [0.4, 0.5) is 5.69 Å². The number of para-hydroxylation sites is 2. The van der Waals surface area contributed by atoms with Gasteiger partial charge in [-0.1, -0.05) is 36.0 Å². The molecule has 6 nitrogen and oxygen atoms in total. The predicted molar refractivity (Wildman–Crippen MR) is 107 cm³/mol. The van der Waals surface area contributed by atoms with Gasteiger partial charge in [-0.3, -0.25) is 19.0 Å². The highest BCUT2D eigenvalue weighted by Crippen LogP contribution is 2.20. The second-order valence-corrected chi connectivity index (χ2v) is 6.84. The molecule has 0 saturated heterocycles. The number of rotatable bonds is 6. The average Bonchev–Trinajstić information content (AvgIpc) is 2.67. The van der Waals surface area contributed by atoms with E-state index in [2.05, 4.69) is 10.3 Å². The number of fused-ring (bicyclic) bond motifs is 1. The summed E-state index contributed by atoms with van der Waals surface area (Å²) in [5, 5.41) is 3.81. The number of nitrogens with one attached hydrogen (secondary N) is 1. The number of thioether (sulfide) groups is 1. The van der Waals surface area contributed by atoms with E-state index in [-0.39, 0.29) is 23.0 Å². The molecule has 0 aliphatic carbocycles. The molecule has 0 aliphatic heterocycles. The Hall–Kier alpha value is -2.93. The number of hydrogen-bond donors (Lipinski definition) is 1. The maximum atomic E-state index is 12.6. The van der Waals surface area contributed by atoms with Crippen LogP contribution in [0, 0.1) is 0 Å². The summed E-state index contributed by atoms with van der Waals surface area (Å²) in [7, 11) is 0. The van der Waals surface area contributed by atoms with Gasteiger partial charge in [-0.15, -0.1) is 0 Å². The van der Waals surface area contributed by atoms with Gasteiger partial charge in [0.05, 0.1) is 22.3 Å². The molecule has 1 aromatic heterocycles. The second kappa shape index (κ2) is 8.18. The summed E-state index contributed by atoms with van der Waals surface area (Å²) < 4.78 is 1.56. The maximum Gasteiger partial charge on any atom is 0.262 e. The fourth-order valence-corrected chi connectivity index (χ4v) is 3.62. The molecule has 0 aliphatic rings. The van der Waals surface area contributed by atoms with E-state index in [0.717, 1.165) is 0 Å². The number of hydrogen-bond acceptors (Lipinski definition) is 5. The molecule has 138 valence electrons. The van der Waals surface area contributed by atoms with E-state index in [4.69, 9.17) is 0 Å². The quantitative estimate of drug-likeness (QED) is 0.402. The van der Waals surface area contributed by atoms with Crippen LogP contribution < -0.4 is 10.9 Å². The molecule has 1 amide bonds. The van der Waals surface area contributed by atoms with E-state index in [1.165, 1.54) is 18.7 Å². The van der Waals surface area contributed by atoms with Crippen molar-refractivity contribution in [1.82, 2.24) is 9.55 Å². The lowest BCUT2D eigenvalue weighted by molar-refractivity contribution is -0.113. The Bertz CT molecular complexity index is 1080. The highest BCUT2D eigenvalue weighted by atomic mass is 32.2. The topological polar surface area (TPSA) is 81.1 Å². The minimum atomic E-state index is -0.265. The van der Waals surface area contributed by atoms with Crippen molar-refractivity contribution in [3.8, 4) is 0 Å². The fourth-order valence-electron chi connectivity index (χ4n) is 2.75. The molecule has 0 bridgehead atoms. The summed E-state index contributed by atoms with van der Waals surface area (Å²) in [6, 6.07) is 14.0. The van der Waals surface area contributed by atoms with E-state index in [9.17, 15) is 14.4 Å². The summed E-state index contributed by atoms with van der Waals surface area (Å²) in [6.45, 7) is 3.79. The summed E-state index contributed by atoms with van der Waals surface area (Å²) in [5.41, 5.74) is 1.44. The lowest BCUT2D eigenvalue weighted by atomic mass is 10.1. The minimum absolute atomic E-state index is 0.0804. The second-order valence-electron chi connectivity index (χ2n) is 5.90. The molecule has 0 saturated carbocycles. The molecular weight excluding hydrogens is 362 g/mol. The van der Waals surface area contributed by atoms with Crippen molar-refractivity contribution in [2.45, 2.75) is 25.5 Å². The number of carbonyl (C=O) groups excluding carboxylic acids is 2. The number of Topliss-reactive ketones (excluding diaryl/α,β-unsaturated/α-hetero) is 1. The third-order valence-electron chi connectivity index (χ3n) is 4.06. The summed E-state index contributed by atoms with van der Waals surface area (Å²) in [4.78, 5) is 41.1. The third-order valence-corrected chi connectivity index (χ3v) is 5.03. The first-order chi connectivity index (χ1) is 13.0. The summed E-state index contributed by atoms with van der Waals surface area (Å²) in [5.74, 6) is -0.301. The fraction of sp³-hybridized carbons (Fsp3) is 0.200. The first-order valence-electron chi connectivity index (χ1n) is 8.53. The van der Waals surface area contributed by atoms with Crippen LogP contribution >= 0.6 is 11.8 Å². The van der Waals surface area contributed by atoms with Gasteiger partial charge >= 0.3 is 0 Å². The first kappa shape index (κ1) is 18.8. The molecule has 7 heteroatoms. The molecule has 0 unspecified atom stereocenters. The number of ketones is 1. The molecule has 0 atom stereocenters. The van der Waals surface area contributed by atoms with E-state index in [1.54, 1.807) is 47.0 Å². The maximum absolute atomic E-state index is 12.6. The van der Waals surface area contributed by atoms with Crippen molar-refractivity contribution < 1.29 is 9.59 Å². The Labute approximate surface area is 160 Å². The van der Waals surface area contributed by atoms with Crippen molar-refractivity contribution in [2.24, 2.45) is 0 Å². The third kappa shape index (κ3) is 4.09. The van der Waals surface area contributed by atoms with Crippen LogP contribution in [0.1, 0.15) is 24.2 Å². The average molecular weight is 381 g/mol. The van der Waals surface area contributed by atoms with Crippen LogP contribution in [0.2, 0.25) is 0 Å².